The van der Waals surface area contributed by atoms with Gasteiger partial charge in [0.1, 0.15) is 5.39 Å². The number of fused-ring (bicyclic) bond motifs is 1. The zero-order valence-corrected chi connectivity index (χ0v) is 17.6. The largest absolute Gasteiger partial charge is 0.352 e. The Balaban J connectivity index is 1.43. The maximum atomic E-state index is 12.5. The average Bonchev–Trinajstić information content (AvgIpc) is 3.18. The van der Waals surface area contributed by atoms with Gasteiger partial charge < -0.3 is 10.2 Å². The number of aromatic nitrogens is 5. The van der Waals surface area contributed by atoms with Gasteiger partial charge in [0, 0.05) is 37.9 Å². The zero-order valence-electron chi connectivity index (χ0n) is 17.6. The molecule has 0 unspecified atom stereocenters. The SMILES string of the molecule is CC(C)(C)n1ncc2c(=O)[nH]c(N3CCC(C(=O)NCc4cccnc4)CC3)nc21. The number of H-pyrrole nitrogens is 1. The second kappa shape index (κ2) is 7.89. The van der Waals surface area contributed by atoms with Crippen LogP contribution in [0.1, 0.15) is 39.2 Å². The van der Waals surface area contributed by atoms with E-state index in [0.29, 0.717) is 49.5 Å². The molecule has 0 aliphatic carbocycles. The number of hydrogen-bond acceptors (Lipinski definition) is 6. The molecule has 1 fully saturated rings. The minimum absolute atomic E-state index is 0.0477. The lowest BCUT2D eigenvalue weighted by atomic mass is 9.96. The highest BCUT2D eigenvalue weighted by Crippen LogP contribution is 2.23. The van der Waals surface area contributed by atoms with Crippen LogP contribution in [0.15, 0.2) is 35.5 Å². The van der Waals surface area contributed by atoms with Crippen LogP contribution in [0.4, 0.5) is 5.95 Å². The minimum Gasteiger partial charge on any atom is -0.352 e. The number of aromatic amines is 1. The van der Waals surface area contributed by atoms with Crippen LogP contribution in [0.3, 0.4) is 0 Å². The summed E-state index contributed by atoms with van der Waals surface area (Å²) in [4.78, 5) is 38.7. The predicted molar refractivity (Wildman–Crippen MR) is 114 cm³/mol. The fourth-order valence-electron chi connectivity index (χ4n) is 3.74. The molecular formula is C21H27N7O2. The first kappa shape index (κ1) is 20.1. The third-order valence-corrected chi connectivity index (χ3v) is 5.42. The van der Waals surface area contributed by atoms with Crippen molar-refractivity contribution in [3.05, 3.63) is 46.6 Å². The normalized spacial score (nSPS) is 15.5. The van der Waals surface area contributed by atoms with Crippen molar-refractivity contribution < 1.29 is 4.79 Å². The van der Waals surface area contributed by atoms with Crippen molar-refractivity contribution in [2.75, 3.05) is 18.0 Å². The van der Waals surface area contributed by atoms with Crippen LogP contribution in [-0.4, -0.2) is 43.7 Å². The number of piperidine rings is 1. The molecular weight excluding hydrogens is 382 g/mol. The van der Waals surface area contributed by atoms with Gasteiger partial charge in [0.05, 0.1) is 11.7 Å². The molecule has 3 aromatic rings. The Kier molecular flexibility index (Phi) is 5.27. The fraction of sp³-hybridized carbons (Fsp3) is 0.476. The molecule has 1 aliphatic heterocycles. The highest BCUT2D eigenvalue weighted by atomic mass is 16.2. The Bertz CT molecular complexity index is 1090. The molecule has 0 aromatic carbocycles. The molecule has 9 heteroatoms. The lowest BCUT2D eigenvalue weighted by molar-refractivity contribution is -0.125. The summed E-state index contributed by atoms with van der Waals surface area (Å²) in [5.74, 6) is 0.544. The number of rotatable bonds is 4. The van der Waals surface area contributed by atoms with E-state index < -0.39 is 0 Å². The monoisotopic (exact) mass is 409 g/mol. The zero-order chi connectivity index (χ0) is 21.3. The maximum Gasteiger partial charge on any atom is 0.263 e. The Morgan fingerprint density at radius 3 is 2.70 bits per heavy atom. The molecule has 1 aliphatic rings. The number of anilines is 1. The molecule has 0 spiro atoms. The van der Waals surface area contributed by atoms with Crippen LogP contribution in [0.5, 0.6) is 0 Å². The van der Waals surface area contributed by atoms with Gasteiger partial charge in [-0.1, -0.05) is 6.07 Å². The Labute approximate surface area is 174 Å². The van der Waals surface area contributed by atoms with E-state index in [-0.39, 0.29) is 22.9 Å². The maximum absolute atomic E-state index is 12.5. The van der Waals surface area contributed by atoms with Crippen molar-refractivity contribution in [1.82, 2.24) is 30.0 Å². The highest BCUT2D eigenvalue weighted by Gasteiger charge is 2.27. The number of nitrogens with zero attached hydrogens (tertiary/aromatic N) is 5. The average molecular weight is 409 g/mol. The summed E-state index contributed by atoms with van der Waals surface area (Å²) >= 11 is 0. The van der Waals surface area contributed by atoms with Gasteiger partial charge in [-0.05, 0) is 45.2 Å². The first-order chi connectivity index (χ1) is 14.3. The smallest absolute Gasteiger partial charge is 0.263 e. The number of amides is 1. The van der Waals surface area contributed by atoms with Gasteiger partial charge in [-0.15, -0.1) is 0 Å². The molecule has 0 bridgehead atoms. The van der Waals surface area contributed by atoms with Crippen LogP contribution in [-0.2, 0) is 16.9 Å². The van der Waals surface area contributed by atoms with Crippen molar-refractivity contribution in [3.63, 3.8) is 0 Å². The Hall–Kier alpha value is -3.23. The van der Waals surface area contributed by atoms with Gasteiger partial charge in [0.25, 0.3) is 5.56 Å². The quantitative estimate of drug-likeness (QED) is 0.680. The number of pyridine rings is 1. The van der Waals surface area contributed by atoms with E-state index in [1.54, 1.807) is 23.3 Å². The molecule has 4 heterocycles. The lowest BCUT2D eigenvalue weighted by Gasteiger charge is -2.31. The summed E-state index contributed by atoms with van der Waals surface area (Å²) in [6.07, 6.45) is 6.45. The number of carbonyl (C=O) groups excluding carboxylic acids is 1. The second-order valence-electron chi connectivity index (χ2n) is 8.69. The van der Waals surface area contributed by atoms with Crippen LogP contribution in [0.2, 0.25) is 0 Å². The van der Waals surface area contributed by atoms with Crippen molar-refractivity contribution in [1.29, 1.82) is 0 Å². The van der Waals surface area contributed by atoms with E-state index in [0.717, 1.165) is 5.56 Å². The van der Waals surface area contributed by atoms with Crippen LogP contribution in [0.25, 0.3) is 11.0 Å². The Morgan fingerprint density at radius 2 is 2.03 bits per heavy atom. The second-order valence-corrected chi connectivity index (χ2v) is 8.69. The molecule has 2 N–H and O–H groups in total. The fourth-order valence-corrected chi connectivity index (χ4v) is 3.74. The van der Waals surface area contributed by atoms with Crippen molar-refractivity contribution in [2.24, 2.45) is 5.92 Å². The molecule has 3 aromatic heterocycles. The van der Waals surface area contributed by atoms with E-state index in [1.165, 1.54) is 0 Å². The highest BCUT2D eigenvalue weighted by molar-refractivity contribution is 5.79. The van der Waals surface area contributed by atoms with E-state index >= 15 is 0 Å². The van der Waals surface area contributed by atoms with Crippen LogP contribution in [0, 0.1) is 5.92 Å². The van der Waals surface area contributed by atoms with Crippen LogP contribution < -0.4 is 15.8 Å². The number of carbonyl (C=O) groups is 1. The van der Waals surface area contributed by atoms with E-state index in [1.807, 2.05) is 37.8 Å². The first-order valence-corrected chi connectivity index (χ1v) is 10.2. The third-order valence-electron chi connectivity index (χ3n) is 5.42. The van der Waals surface area contributed by atoms with Crippen molar-refractivity contribution in [2.45, 2.75) is 45.7 Å². The van der Waals surface area contributed by atoms with Crippen molar-refractivity contribution in [3.8, 4) is 0 Å². The standard InChI is InChI=1S/C21H27N7O2/c1-21(2,3)28-17-16(13-24-28)19(30)26-20(25-17)27-9-6-15(7-10-27)18(29)23-12-14-5-4-8-22-11-14/h4-5,8,11,13,15H,6-7,9-10,12H2,1-3H3,(H,23,29)(H,25,26,30). The molecule has 0 radical (unpaired) electrons. The molecule has 0 atom stereocenters. The molecule has 0 saturated carbocycles. The van der Waals surface area contributed by atoms with Crippen molar-refractivity contribution >= 4 is 22.9 Å². The van der Waals surface area contributed by atoms with Gasteiger partial charge in [-0.3, -0.25) is 19.6 Å². The van der Waals surface area contributed by atoms with Gasteiger partial charge in [-0.25, -0.2) is 4.68 Å². The van der Waals surface area contributed by atoms with Crippen LogP contribution >= 0.6 is 0 Å². The topological polar surface area (TPSA) is 109 Å². The number of nitrogens with one attached hydrogen (secondary N) is 2. The summed E-state index contributed by atoms with van der Waals surface area (Å²) in [5, 5.41) is 7.83. The van der Waals surface area contributed by atoms with E-state index in [4.69, 9.17) is 4.98 Å². The van der Waals surface area contributed by atoms with E-state index in [9.17, 15) is 9.59 Å². The molecule has 1 saturated heterocycles. The summed E-state index contributed by atoms with van der Waals surface area (Å²) in [7, 11) is 0. The Morgan fingerprint density at radius 1 is 1.27 bits per heavy atom. The van der Waals surface area contributed by atoms with Gasteiger partial charge in [0.2, 0.25) is 11.9 Å². The third kappa shape index (κ3) is 4.05. The molecule has 158 valence electrons. The summed E-state index contributed by atoms with van der Waals surface area (Å²) in [6, 6.07) is 3.80. The first-order valence-electron chi connectivity index (χ1n) is 10.2. The molecule has 1 amide bonds. The summed E-state index contributed by atoms with van der Waals surface area (Å²) < 4.78 is 1.78. The summed E-state index contributed by atoms with van der Waals surface area (Å²) in [6.45, 7) is 7.87. The molecule has 4 rings (SSSR count). The minimum atomic E-state index is -0.279. The summed E-state index contributed by atoms with van der Waals surface area (Å²) in [5.41, 5.74) is 1.09. The molecule has 30 heavy (non-hydrogen) atoms. The number of hydrogen-bond donors (Lipinski definition) is 2. The van der Waals surface area contributed by atoms with Gasteiger partial charge in [0.15, 0.2) is 5.65 Å². The lowest BCUT2D eigenvalue weighted by Crippen LogP contribution is -2.41. The molecule has 9 nitrogen and oxygen atoms in total. The van der Waals surface area contributed by atoms with E-state index in [2.05, 4.69) is 20.4 Å². The van der Waals surface area contributed by atoms with Gasteiger partial charge >= 0.3 is 0 Å². The predicted octanol–water partition coefficient (Wildman–Crippen LogP) is 1.80. The van der Waals surface area contributed by atoms with Gasteiger partial charge in [-0.2, -0.15) is 10.1 Å².